The molecule has 0 radical (unpaired) electrons. The molecule has 0 amide bonds. The lowest BCUT2D eigenvalue weighted by atomic mass is 10.1. The monoisotopic (exact) mass is 256 g/mol. The lowest BCUT2D eigenvalue weighted by Gasteiger charge is -2.21. The summed E-state index contributed by atoms with van der Waals surface area (Å²) in [6, 6.07) is 13.1. The van der Waals surface area contributed by atoms with E-state index >= 15 is 0 Å². The van der Waals surface area contributed by atoms with Crippen LogP contribution in [0.2, 0.25) is 0 Å². The molecule has 1 aliphatic rings. The molecule has 0 unspecified atom stereocenters. The predicted octanol–water partition coefficient (Wildman–Crippen LogP) is 3.70. The Labute approximate surface area is 112 Å². The molecule has 0 aromatic heterocycles. The van der Waals surface area contributed by atoms with Crippen molar-refractivity contribution < 1.29 is 0 Å². The van der Waals surface area contributed by atoms with E-state index in [2.05, 4.69) is 48.6 Å². The van der Waals surface area contributed by atoms with Gasteiger partial charge in [0.15, 0.2) is 0 Å². The minimum atomic E-state index is 0.701. The largest absolute Gasteiger partial charge is 0.354 e. The first kappa shape index (κ1) is 11.6. The summed E-state index contributed by atoms with van der Waals surface area (Å²) in [7, 11) is 0. The molecule has 2 aromatic carbocycles. The third-order valence-corrected chi connectivity index (χ3v) is 4.22. The molecule has 0 atom stereocenters. The van der Waals surface area contributed by atoms with Gasteiger partial charge >= 0.3 is 0 Å². The third kappa shape index (κ3) is 2.11. The number of benzene rings is 2. The van der Waals surface area contributed by atoms with E-state index in [0.29, 0.717) is 6.54 Å². The van der Waals surface area contributed by atoms with E-state index in [1.54, 1.807) is 0 Å². The maximum atomic E-state index is 5.61. The highest BCUT2D eigenvalue weighted by molar-refractivity contribution is 7.99. The van der Waals surface area contributed by atoms with Crippen LogP contribution in [-0.2, 0) is 6.42 Å². The number of fused-ring (bicyclic) bond motifs is 2. The molecular weight excluding hydrogens is 240 g/mol. The van der Waals surface area contributed by atoms with Gasteiger partial charge in [-0.15, -0.1) is 0 Å². The predicted molar refractivity (Wildman–Crippen MR) is 77.8 cm³/mol. The van der Waals surface area contributed by atoms with Crippen molar-refractivity contribution >= 4 is 23.1 Å². The standard InChI is InChI=1S/C15H16N2S/c1-10-2-4-12-14(8-10)18-15-9-11(6-7-16)3-5-13(15)17-12/h2-5,8-9,17H,6-7,16H2,1H3. The minimum absolute atomic E-state index is 0.701. The number of nitrogens with one attached hydrogen (secondary N) is 1. The summed E-state index contributed by atoms with van der Waals surface area (Å²) < 4.78 is 0. The van der Waals surface area contributed by atoms with Crippen molar-refractivity contribution in [2.45, 2.75) is 23.1 Å². The van der Waals surface area contributed by atoms with Crippen LogP contribution in [0.15, 0.2) is 46.2 Å². The topological polar surface area (TPSA) is 38.0 Å². The molecule has 3 N–H and O–H groups in total. The van der Waals surface area contributed by atoms with E-state index in [0.717, 1.165) is 6.42 Å². The second-order valence-corrected chi connectivity index (χ2v) is 5.68. The first-order valence-electron chi connectivity index (χ1n) is 6.15. The summed E-state index contributed by atoms with van der Waals surface area (Å²) in [6.07, 6.45) is 0.939. The zero-order valence-electron chi connectivity index (χ0n) is 10.4. The van der Waals surface area contributed by atoms with E-state index < -0.39 is 0 Å². The molecule has 1 aliphatic heterocycles. The molecule has 2 nitrogen and oxygen atoms in total. The van der Waals surface area contributed by atoms with Gasteiger partial charge < -0.3 is 11.1 Å². The number of nitrogens with two attached hydrogens (primary N) is 1. The van der Waals surface area contributed by atoms with Gasteiger partial charge in [0.25, 0.3) is 0 Å². The van der Waals surface area contributed by atoms with Gasteiger partial charge in [-0.1, -0.05) is 23.9 Å². The van der Waals surface area contributed by atoms with Crippen molar-refractivity contribution in [3.63, 3.8) is 0 Å². The Hall–Kier alpha value is -1.45. The summed E-state index contributed by atoms with van der Waals surface area (Å²) in [5.41, 5.74) is 10.6. The highest BCUT2D eigenvalue weighted by Crippen LogP contribution is 2.44. The molecule has 3 rings (SSSR count). The summed E-state index contributed by atoms with van der Waals surface area (Å²) >= 11 is 1.83. The first-order chi connectivity index (χ1) is 8.76. The minimum Gasteiger partial charge on any atom is -0.354 e. The maximum absolute atomic E-state index is 5.61. The Balaban J connectivity index is 1.98. The number of anilines is 2. The van der Waals surface area contributed by atoms with Crippen LogP contribution in [0.1, 0.15) is 11.1 Å². The van der Waals surface area contributed by atoms with E-state index in [9.17, 15) is 0 Å². The summed E-state index contributed by atoms with van der Waals surface area (Å²) in [4.78, 5) is 2.59. The molecule has 0 fully saturated rings. The molecule has 0 saturated heterocycles. The van der Waals surface area contributed by atoms with Gasteiger partial charge in [-0.2, -0.15) is 0 Å². The zero-order valence-corrected chi connectivity index (χ0v) is 11.2. The molecule has 0 bridgehead atoms. The number of aryl methyl sites for hydroxylation is 1. The van der Waals surface area contributed by atoms with Crippen molar-refractivity contribution in [2.24, 2.45) is 5.73 Å². The Kier molecular flexibility index (Phi) is 3.02. The Bertz CT molecular complexity index is 593. The van der Waals surface area contributed by atoms with Crippen molar-refractivity contribution in [1.29, 1.82) is 0 Å². The second-order valence-electron chi connectivity index (χ2n) is 4.60. The second kappa shape index (κ2) is 4.67. The van der Waals surface area contributed by atoms with E-state index in [1.807, 2.05) is 11.8 Å². The summed E-state index contributed by atoms with van der Waals surface area (Å²) in [5.74, 6) is 0. The lowest BCUT2D eigenvalue weighted by molar-refractivity contribution is 0.964. The van der Waals surface area contributed by atoms with Gasteiger partial charge in [0.2, 0.25) is 0 Å². The van der Waals surface area contributed by atoms with Gasteiger partial charge in [0, 0.05) is 9.79 Å². The van der Waals surface area contributed by atoms with Crippen molar-refractivity contribution in [3.05, 3.63) is 47.5 Å². The normalized spacial score (nSPS) is 12.6. The van der Waals surface area contributed by atoms with Crippen LogP contribution in [0.4, 0.5) is 11.4 Å². The van der Waals surface area contributed by atoms with Crippen LogP contribution in [0, 0.1) is 6.92 Å². The molecular formula is C15H16N2S. The van der Waals surface area contributed by atoms with Crippen molar-refractivity contribution in [1.82, 2.24) is 0 Å². The van der Waals surface area contributed by atoms with Gasteiger partial charge in [-0.3, -0.25) is 0 Å². The van der Waals surface area contributed by atoms with Crippen LogP contribution in [0.5, 0.6) is 0 Å². The smallest absolute Gasteiger partial charge is 0.0526 e. The van der Waals surface area contributed by atoms with Gasteiger partial charge in [-0.25, -0.2) is 0 Å². The quantitative estimate of drug-likeness (QED) is 0.734. The van der Waals surface area contributed by atoms with E-state index in [4.69, 9.17) is 5.73 Å². The van der Waals surface area contributed by atoms with Crippen LogP contribution in [0.3, 0.4) is 0 Å². The fourth-order valence-electron chi connectivity index (χ4n) is 2.16. The van der Waals surface area contributed by atoms with Gasteiger partial charge in [0.05, 0.1) is 11.4 Å². The SMILES string of the molecule is Cc1ccc2c(c1)Sc1cc(CCN)ccc1N2. The average Bonchev–Trinajstić information content (AvgIpc) is 2.36. The van der Waals surface area contributed by atoms with Crippen LogP contribution in [-0.4, -0.2) is 6.54 Å². The first-order valence-corrected chi connectivity index (χ1v) is 6.96. The van der Waals surface area contributed by atoms with E-state index in [-0.39, 0.29) is 0 Å². The van der Waals surface area contributed by atoms with Crippen LogP contribution >= 0.6 is 11.8 Å². The van der Waals surface area contributed by atoms with Gasteiger partial charge in [0.1, 0.15) is 0 Å². The van der Waals surface area contributed by atoms with E-state index in [1.165, 1.54) is 32.3 Å². The molecule has 18 heavy (non-hydrogen) atoms. The fraction of sp³-hybridized carbons (Fsp3) is 0.200. The molecule has 0 aliphatic carbocycles. The number of rotatable bonds is 2. The molecule has 2 aromatic rings. The van der Waals surface area contributed by atoms with Crippen LogP contribution < -0.4 is 11.1 Å². The Morgan fingerprint density at radius 2 is 1.78 bits per heavy atom. The number of hydrogen-bond acceptors (Lipinski definition) is 3. The highest BCUT2D eigenvalue weighted by atomic mass is 32.2. The average molecular weight is 256 g/mol. The molecule has 3 heteroatoms. The van der Waals surface area contributed by atoms with Crippen molar-refractivity contribution in [3.8, 4) is 0 Å². The summed E-state index contributed by atoms with van der Waals surface area (Å²) in [6.45, 7) is 2.83. The molecule has 1 heterocycles. The number of hydrogen-bond donors (Lipinski definition) is 2. The molecule has 0 spiro atoms. The van der Waals surface area contributed by atoms with Gasteiger partial charge in [-0.05, 0) is 55.3 Å². The fourth-order valence-corrected chi connectivity index (χ4v) is 3.31. The summed E-state index contributed by atoms with van der Waals surface area (Å²) in [5, 5.41) is 3.48. The maximum Gasteiger partial charge on any atom is 0.0526 e. The van der Waals surface area contributed by atoms with Crippen LogP contribution in [0.25, 0.3) is 0 Å². The highest BCUT2D eigenvalue weighted by Gasteiger charge is 2.15. The molecule has 92 valence electrons. The lowest BCUT2D eigenvalue weighted by Crippen LogP contribution is -2.04. The Morgan fingerprint density at radius 1 is 1.06 bits per heavy atom. The Morgan fingerprint density at radius 3 is 2.56 bits per heavy atom. The zero-order chi connectivity index (χ0) is 12.5. The van der Waals surface area contributed by atoms with Crippen molar-refractivity contribution in [2.75, 3.05) is 11.9 Å². The molecule has 0 saturated carbocycles. The third-order valence-electron chi connectivity index (χ3n) is 3.11.